The fraction of sp³-hybridized carbons (Fsp3) is 0.250. The molecule has 0 aromatic heterocycles. The molecule has 0 amide bonds. The summed E-state index contributed by atoms with van der Waals surface area (Å²) < 4.78 is 4.57. The molecule has 1 aromatic carbocycles. The first-order valence-electron chi connectivity index (χ1n) is 4.79. The summed E-state index contributed by atoms with van der Waals surface area (Å²) in [6.07, 6.45) is 0.277. The van der Waals surface area contributed by atoms with Crippen molar-refractivity contribution in [1.29, 1.82) is 5.26 Å². The van der Waals surface area contributed by atoms with E-state index in [0.717, 1.165) is 0 Å². The first-order chi connectivity index (χ1) is 7.63. The van der Waals surface area contributed by atoms with Crippen molar-refractivity contribution in [2.24, 2.45) is 0 Å². The molecule has 0 heterocycles. The molecule has 82 valence electrons. The second-order valence-electron chi connectivity index (χ2n) is 3.14. The van der Waals surface area contributed by atoms with Gasteiger partial charge in [-0.25, -0.2) is 4.79 Å². The van der Waals surface area contributed by atoms with Crippen LogP contribution in [0.2, 0.25) is 0 Å². The maximum Gasteiger partial charge on any atom is 0.338 e. The van der Waals surface area contributed by atoms with Crippen molar-refractivity contribution >= 4 is 11.8 Å². The molecule has 1 rings (SSSR count). The van der Waals surface area contributed by atoms with Crippen molar-refractivity contribution < 1.29 is 14.3 Å². The lowest BCUT2D eigenvalue weighted by atomic mass is 9.99. The van der Waals surface area contributed by atoms with Crippen LogP contribution >= 0.6 is 0 Å². The lowest BCUT2D eigenvalue weighted by Crippen LogP contribution is -2.10. The molecule has 0 saturated heterocycles. The van der Waals surface area contributed by atoms with Crippen molar-refractivity contribution in [2.45, 2.75) is 13.3 Å². The van der Waals surface area contributed by atoms with E-state index < -0.39 is 5.97 Å². The summed E-state index contributed by atoms with van der Waals surface area (Å²) >= 11 is 0. The maximum absolute atomic E-state index is 11.6. The number of carbonyl (C=O) groups excluding carboxylic acids is 2. The quantitative estimate of drug-likeness (QED) is 0.573. The molecule has 0 bridgehead atoms. The Morgan fingerprint density at radius 1 is 1.38 bits per heavy atom. The number of methoxy groups -OCH3 is 1. The van der Waals surface area contributed by atoms with Crippen LogP contribution < -0.4 is 0 Å². The van der Waals surface area contributed by atoms with E-state index in [2.05, 4.69) is 4.74 Å². The zero-order chi connectivity index (χ0) is 12.1. The van der Waals surface area contributed by atoms with Crippen LogP contribution in [0.1, 0.15) is 39.6 Å². The Hall–Kier alpha value is -2.15. The Morgan fingerprint density at radius 2 is 2.06 bits per heavy atom. The van der Waals surface area contributed by atoms with Crippen LogP contribution in [0.25, 0.3) is 0 Å². The minimum absolute atomic E-state index is 0.183. The lowest BCUT2D eigenvalue weighted by Gasteiger charge is -2.06. The van der Waals surface area contributed by atoms with Gasteiger partial charge in [0.25, 0.3) is 0 Å². The molecule has 4 heteroatoms. The molecule has 0 radical (unpaired) electrons. The largest absolute Gasteiger partial charge is 0.465 e. The number of carbonyl (C=O) groups is 2. The molecular weight excluding hydrogens is 206 g/mol. The van der Waals surface area contributed by atoms with E-state index in [-0.39, 0.29) is 23.3 Å². The molecule has 0 aliphatic rings. The molecule has 16 heavy (non-hydrogen) atoms. The third-order valence-corrected chi connectivity index (χ3v) is 2.18. The molecule has 0 fully saturated rings. The SMILES string of the molecule is CCC(=O)c1cc(C#N)ccc1C(=O)OC. The van der Waals surface area contributed by atoms with Crippen LogP contribution in [0.15, 0.2) is 18.2 Å². The van der Waals surface area contributed by atoms with Gasteiger partial charge in [0.2, 0.25) is 0 Å². The van der Waals surface area contributed by atoms with Crippen molar-refractivity contribution in [3.05, 3.63) is 34.9 Å². The number of nitriles is 1. The molecule has 1 aromatic rings. The molecule has 0 atom stereocenters. The summed E-state index contributed by atoms with van der Waals surface area (Å²) in [5.41, 5.74) is 0.797. The summed E-state index contributed by atoms with van der Waals surface area (Å²) in [6.45, 7) is 1.70. The molecule has 4 nitrogen and oxygen atoms in total. The van der Waals surface area contributed by atoms with Crippen molar-refractivity contribution in [3.8, 4) is 6.07 Å². The number of ketones is 1. The van der Waals surface area contributed by atoms with Gasteiger partial charge in [0.05, 0.1) is 24.3 Å². The number of ether oxygens (including phenoxy) is 1. The Labute approximate surface area is 93.5 Å². The minimum atomic E-state index is -0.568. The monoisotopic (exact) mass is 217 g/mol. The van der Waals surface area contributed by atoms with Crippen LogP contribution in [-0.4, -0.2) is 18.9 Å². The van der Waals surface area contributed by atoms with E-state index in [4.69, 9.17) is 5.26 Å². The Kier molecular flexibility index (Phi) is 3.78. The first-order valence-corrected chi connectivity index (χ1v) is 4.79. The summed E-state index contributed by atoms with van der Waals surface area (Å²) in [5.74, 6) is -0.751. The van der Waals surface area contributed by atoms with Crippen LogP contribution in [-0.2, 0) is 4.74 Å². The molecular formula is C12H11NO3. The first kappa shape index (κ1) is 11.9. The van der Waals surface area contributed by atoms with Crippen LogP contribution in [0.5, 0.6) is 0 Å². The van der Waals surface area contributed by atoms with Gasteiger partial charge in [0.15, 0.2) is 5.78 Å². The summed E-state index contributed by atoms with van der Waals surface area (Å²) in [4.78, 5) is 23.0. The number of benzene rings is 1. The molecule has 0 aliphatic heterocycles. The zero-order valence-corrected chi connectivity index (χ0v) is 9.11. The fourth-order valence-electron chi connectivity index (χ4n) is 1.32. The molecule has 0 aliphatic carbocycles. The number of esters is 1. The van der Waals surface area contributed by atoms with Gasteiger partial charge in [-0.1, -0.05) is 6.92 Å². The van der Waals surface area contributed by atoms with Gasteiger partial charge >= 0.3 is 5.97 Å². The predicted molar refractivity (Wildman–Crippen MR) is 57.1 cm³/mol. The smallest absolute Gasteiger partial charge is 0.338 e. The number of hydrogen-bond acceptors (Lipinski definition) is 4. The average Bonchev–Trinajstić information content (AvgIpc) is 2.36. The maximum atomic E-state index is 11.6. The Balaban J connectivity index is 3.34. The predicted octanol–water partition coefficient (Wildman–Crippen LogP) is 1.94. The third-order valence-electron chi connectivity index (χ3n) is 2.18. The highest BCUT2D eigenvalue weighted by Crippen LogP contribution is 2.15. The highest BCUT2D eigenvalue weighted by Gasteiger charge is 2.16. The second-order valence-corrected chi connectivity index (χ2v) is 3.14. The van der Waals surface area contributed by atoms with Crippen molar-refractivity contribution in [1.82, 2.24) is 0 Å². The number of Topliss-reactive ketones (excluding diaryl/α,β-unsaturated/α-hetero) is 1. The van der Waals surface area contributed by atoms with E-state index in [9.17, 15) is 9.59 Å². The lowest BCUT2D eigenvalue weighted by molar-refractivity contribution is 0.0597. The second kappa shape index (κ2) is 5.08. The summed E-state index contributed by atoms with van der Waals surface area (Å²) in [6, 6.07) is 6.26. The Morgan fingerprint density at radius 3 is 2.56 bits per heavy atom. The third kappa shape index (κ3) is 2.26. The summed E-state index contributed by atoms with van der Waals surface area (Å²) in [5, 5.41) is 8.73. The van der Waals surface area contributed by atoms with E-state index >= 15 is 0 Å². The average molecular weight is 217 g/mol. The molecule has 0 unspecified atom stereocenters. The summed E-state index contributed by atoms with van der Waals surface area (Å²) in [7, 11) is 1.25. The van der Waals surface area contributed by atoms with Gasteiger partial charge in [0.1, 0.15) is 0 Å². The van der Waals surface area contributed by atoms with Crippen LogP contribution in [0.3, 0.4) is 0 Å². The van der Waals surface area contributed by atoms with E-state index in [1.165, 1.54) is 25.3 Å². The van der Waals surface area contributed by atoms with Gasteiger partial charge in [-0.3, -0.25) is 4.79 Å². The van der Waals surface area contributed by atoms with Gasteiger partial charge in [-0.2, -0.15) is 5.26 Å². The molecule has 0 N–H and O–H groups in total. The number of rotatable bonds is 3. The van der Waals surface area contributed by atoms with Crippen LogP contribution in [0.4, 0.5) is 0 Å². The van der Waals surface area contributed by atoms with Gasteiger partial charge in [-0.05, 0) is 18.2 Å². The molecule has 0 spiro atoms. The van der Waals surface area contributed by atoms with Gasteiger partial charge in [-0.15, -0.1) is 0 Å². The normalized spacial score (nSPS) is 9.31. The van der Waals surface area contributed by atoms with Gasteiger partial charge in [0, 0.05) is 12.0 Å². The zero-order valence-electron chi connectivity index (χ0n) is 9.11. The fourth-order valence-corrected chi connectivity index (χ4v) is 1.32. The van der Waals surface area contributed by atoms with Crippen molar-refractivity contribution in [3.63, 3.8) is 0 Å². The van der Waals surface area contributed by atoms with Crippen molar-refractivity contribution in [2.75, 3.05) is 7.11 Å². The van der Waals surface area contributed by atoms with E-state index in [1.54, 1.807) is 6.92 Å². The highest BCUT2D eigenvalue weighted by atomic mass is 16.5. The Bertz CT molecular complexity index is 472. The highest BCUT2D eigenvalue weighted by molar-refractivity contribution is 6.06. The minimum Gasteiger partial charge on any atom is -0.465 e. The van der Waals surface area contributed by atoms with Crippen LogP contribution in [0, 0.1) is 11.3 Å². The topological polar surface area (TPSA) is 67.2 Å². The van der Waals surface area contributed by atoms with E-state index in [1.807, 2.05) is 6.07 Å². The number of hydrogen-bond donors (Lipinski definition) is 0. The van der Waals surface area contributed by atoms with Gasteiger partial charge < -0.3 is 4.74 Å². The number of nitrogens with zero attached hydrogens (tertiary/aromatic N) is 1. The van der Waals surface area contributed by atoms with E-state index in [0.29, 0.717) is 5.56 Å². The molecule has 0 saturated carbocycles. The standard InChI is InChI=1S/C12H11NO3/c1-3-11(14)10-6-8(7-13)4-5-9(10)12(15)16-2/h4-6H,3H2,1-2H3.